The van der Waals surface area contributed by atoms with Crippen molar-refractivity contribution in [3.8, 4) is 0 Å². The van der Waals surface area contributed by atoms with Gasteiger partial charge in [0.2, 0.25) is 0 Å². The van der Waals surface area contributed by atoms with E-state index in [-0.39, 0.29) is 5.92 Å². The summed E-state index contributed by atoms with van der Waals surface area (Å²) in [5, 5.41) is 9.15. The average Bonchev–Trinajstić information content (AvgIpc) is 2.15. The molecule has 1 nitrogen and oxygen atoms in total. The number of aliphatic hydroxyl groups excluding tert-OH is 1. The highest BCUT2D eigenvalue weighted by Gasteiger charge is 2.13. The fraction of sp³-hybridized carbons (Fsp3) is 0.455. The first kappa shape index (κ1) is 10.2. The van der Waals surface area contributed by atoms with Gasteiger partial charge in [-0.3, -0.25) is 4.39 Å². The second-order valence-electron chi connectivity index (χ2n) is 3.35. The van der Waals surface area contributed by atoms with E-state index in [1.54, 1.807) is 6.92 Å². The van der Waals surface area contributed by atoms with Gasteiger partial charge in [0.05, 0.1) is 12.8 Å². The monoisotopic (exact) mass is 182 g/mol. The molecule has 0 aliphatic carbocycles. The summed E-state index contributed by atoms with van der Waals surface area (Å²) in [5.74, 6) is -0.166. The maximum absolute atomic E-state index is 12.6. The van der Waals surface area contributed by atoms with Crippen molar-refractivity contribution in [2.24, 2.45) is 0 Å². The lowest BCUT2D eigenvalue weighted by atomic mass is 9.95. The Labute approximate surface area is 78.2 Å². The molecule has 0 spiro atoms. The minimum Gasteiger partial charge on any atom is -0.393 e. The van der Waals surface area contributed by atoms with Crippen LogP contribution < -0.4 is 0 Å². The van der Waals surface area contributed by atoms with Crippen LogP contribution in [0.2, 0.25) is 0 Å². The van der Waals surface area contributed by atoms with Crippen LogP contribution in [0.4, 0.5) is 4.39 Å². The Morgan fingerprint density at radius 2 is 1.92 bits per heavy atom. The van der Waals surface area contributed by atoms with Crippen LogP contribution >= 0.6 is 0 Å². The first-order valence-electron chi connectivity index (χ1n) is 4.53. The van der Waals surface area contributed by atoms with Gasteiger partial charge in [0.15, 0.2) is 0 Å². The molecule has 1 N–H and O–H groups in total. The standard InChI is InChI=1S/C11H15FO/c1-9(13)7-11(8-12)10-5-3-2-4-6-10/h2-6,9,11,13H,7-8H2,1H3. The third-order valence-electron chi connectivity index (χ3n) is 2.08. The third-order valence-corrected chi connectivity index (χ3v) is 2.08. The van der Waals surface area contributed by atoms with Gasteiger partial charge in [-0.05, 0) is 18.9 Å². The molecule has 0 saturated heterocycles. The highest BCUT2D eigenvalue weighted by atomic mass is 19.1. The van der Waals surface area contributed by atoms with E-state index in [0.29, 0.717) is 6.42 Å². The quantitative estimate of drug-likeness (QED) is 0.758. The van der Waals surface area contributed by atoms with Crippen LogP contribution in [0.3, 0.4) is 0 Å². The number of halogens is 1. The minimum atomic E-state index is -0.444. The average molecular weight is 182 g/mol. The molecule has 2 atom stereocenters. The predicted molar refractivity (Wildman–Crippen MR) is 51.5 cm³/mol. The van der Waals surface area contributed by atoms with Gasteiger partial charge >= 0.3 is 0 Å². The molecule has 13 heavy (non-hydrogen) atoms. The Morgan fingerprint density at radius 3 is 2.38 bits per heavy atom. The molecule has 1 aromatic carbocycles. The molecule has 0 bridgehead atoms. The van der Waals surface area contributed by atoms with Gasteiger partial charge in [-0.1, -0.05) is 30.3 Å². The van der Waals surface area contributed by atoms with Gasteiger partial charge in [-0.15, -0.1) is 0 Å². The molecule has 1 aromatic rings. The van der Waals surface area contributed by atoms with E-state index in [0.717, 1.165) is 5.56 Å². The smallest absolute Gasteiger partial charge is 0.0963 e. The molecule has 2 heteroatoms. The van der Waals surface area contributed by atoms with Crippen molar-refractivity contribution in [2.45, 2.75) is 25.4 Å². The summed E-state index contributed by atoms with van der Waals surface area (Å²) in [6.07, 6.45) is 0.0431. The minimum absolute atomic E-state index is 0.166. The second-order valence-corrected chi connectivity index (χ2v) is 3.35. The summed E-state index contributed by atoms with van der Waals surface area (Å²) < 4.78 is 12.6. The van der Waals surface area contributed by atoms with Crippen LogP contribution in [0, 0.1) is 0 Å². The predicted octanol–water partition coefficient (Wildman–Crippen LogP) is 2.51. The molecule has 0 saturated carbocycles. The lowest BCUT2D eigenvalue weighted by molar-refractivity contribution is 0.168. The molecule has 0 radical (unpaired) electrons. The topological polar surface area (TPSA) is 20.2 Å². The molecule has 1 rings (SSSR count). The van der Waals surface area contributed by atoms with Crippen molar-refractivity contribution < 1.29 is 9.50 Å². The van der Waals surface area contributed by atoms with Gasteiger partial charge in [0, 0.05) is 5.92 Å². The van der Waals surface area contributed by atoms with Crippen molar-refractivity contribution in [3.63, 3.8) is 0 Å². The number of rotatable bonds is 4. The fourth-order valence-electron chi connectivity index (χ4n) is 1.43. The van der Waals surface area contributed by atoms with Crippen molar-refractivity contribution in [3.05, 3.63) is 35.9 Å². The summed E-state index contributed by atoms with van der Waals surface area (Å²) in [6, 6.07) is 9.47. The molecular formula is C11H15FO. The zero-order valence-corrected chi connectivity index (χ0v) is 7.78. The summed E-state index contributed by atoms with van der Waals surface area (Å²) in [5.41, 5.74) is 0.964. The van der Waals surface area contributed by atoms with E-state index in [1.165, 1.54) is 0 Å². The van der Waals surface area contributed by atoms with Crippen molar-refractivity contribution in [1.29, 1.82) is 0 Å². The first-order chi connectivity index (χ1) is 6.24. The Balaban J connectivity index is 2.67. The molecule has 0 aliphatic heterocycles. The maximum Gasteiger partial charge on any atom is 0.0963 e. The van der Waals surface area contributed by atoms with Gasteiger partial charge in [0.25, 0.3) is 0 Å². The molecular weight excluding hydrogens is 167 g/mol. The number of aliphatic hydroxyl groups is 1. The van der Waals surface area contributed by atoms with Crippen molar-refractivity contribution in [2.75, 3.05) is 6.67 Å². The molecule has 72 valence electrons. The lowest BCUT2D eigenvalue weighted by Crippen LogP contribution is -2.10. The van der Waals surface area contributed by atoms with E-state index in [1.807, 2.05) is 30.3 Å². The van der Waals surface area contributed by atoms with Gasteiger partial charge in [-0.2, -0.15) is 0 Å². The van der Waals surface area contributed by atoms with Gasteiger partial charge in [-0.25, -0.2) is 0 Å². The van der Waals surface area contributed by atoms with E-state index < -0.39 is 12.8 Å². The van der Waals surface area contributed by atoms with Crippen LogP contribution in [0.1, 0.15) is 24.8 Å². The highest BCUT2D eigenvalue weighted by Crippen LogP contribution is 2.21. The molecule has 0 aliphatic rings. The second kappa shape index (κ2) is 4.97. The van der Waals surface area contributed by atoms with Crippen LogP contribution in [-0.2, 0) is 0 Å². The summed E-state index contributed by atoms with van der Waals surface area (Å²) in [7, 11) is 0. The highest BCUT2D eigenvalue weighted by molar-refractivity contribution is 5.19. The zero-order valence-electron chi connectivity index (χ0n) is 7.78. The Bertz CT molecular complexity index is 233. The molecule has 0 heterocycles. The van der Waals surface area contributed by atoms with E-state index in [2.05, 4.69) is 0 Å². The fourth-order valence-corrected chi connectivity index (χ4v) is 1.43. The molecule has 0 amide bonds. The van der Waals surface area contributed by atoms with Crippen molar-refractivity contribution in [1.82, 2.24) is 0 Å². The Morgan fingerprint density at radius 1 is 1.31 bits per heavy atom. The summed E-state index contributed by atoms with van der Waals surface area (Å²) in [4.78, 5) is 0. The summed E-state index contributed by atoms with van der Waals surface area (Å²) >= 11 is 0. The maximum atomic E-state index is 12.6. The van der Waals surface area contributed by atoms with Crippen molar-refractivity contribution >= 4 is 0 Å². The SMILES string of the molecule is CC(O)CC(CF)c1ccccc1. The Hall–Kier alpha value is -0.890. The van der Waals surface area contributed by atoms with Crippen LogP contribution in [0.5, 0.6) is 0 Å². The van der Waals surface area contributed by atoms with Gasteiger partial charge < -0.3 is 5.11 Å². The number of hydrogen-bond acceptors (Lipinski definition) is 1. The zero-order chi connectivity index (χ0) is 9.68. The number of alkyl halides is 1. The van der Waals surface area contributed by atoms with Crippen LogP contribution in [0.15, 0.2) is 30.3 Å². The number of benzene rings is 1. The molecule has 2 unspecified atom stereocenters. The summed E-state index contributed by atoms with van der Waals surface area (Å²) in [6.45, 7) is 1.28. The third kappa shape index (κ3) is 3.15. The first-order valence-corrected chi connectivity index (χ1v) is 4.53. The van der Waals surface area contributed by atoms with Gasteiger partial charge in [0.1, 0.15) is 0 Å². The van der Waals surface area contributed by atoms with E-state index in [9.17, 15) is 4.39 Å². The number of hydrogen-bond donors (Lipinski definition) is 1. The van der Waals surface area contributed by atoms with E-state index >= 15 is 0 Å². The molecule has 0 fully saturated rings. The normalized spacial score (nSPS) is 15.3. The lowest BCUT2D eigenvalue weighted by Gasteiger charge is -2.14. The Kier molecular flexibility index (Phi) is 3.90. The molecule has 0 aromatic heterocycles. The van der Waals surface area contributed by atoms with Crippen LogP contribution in [0.25, 0.3) is 0 Å². The van der Waals surface area contributed by atoms with E-state index in [4.69, 9.17) is 5.11 Å². The largest absolute Gasteiger partial charge is 0.393 e. The van der Waals surface area contributed by atoms with Crippen LogP contribution in [-0.4, -0.2) is 17.9 Å².